The molecule has 5 aromatic rings. The van der Waals surface area contributed by atoms with Crippen LogP contribution in [-0.2, 0) is 5.41 Å². The van der Waals surface area contributed by atoms with Crippen LogP contribution < -0.4 is 4.74 Å². The summed E-state index contributed by atoms with van der Waals surface area (Å²) in [5.41, 5.74) is 9.80. The quantitative estimate of drug-likeness (QED) is 0.195. The van der Waals surface area contributed by atoms with Gasteiger partial charge in [0.15, 0.2) is 11.6 Å². The molecule has 0 bridgehead atoms. The van der Waals surface area contributed by atoms with Gasteiger partial charge in [0.2, 0.25) is 0 Å². The minimum absolute atomic E-state index is 0.143. The van der Waals surface area contributed by atoms with E-state index in [0.717, 1.165) is 59.4 Å². The molecule has 0 N–H and O–H groups in total. The molecule has 0 saturated heterocycles. The van der Waals surface area contributed by atoms with Crippen LogP contribution in [0, 0.1) is 5.92 Å². The number of nitrogens with zero attached hydrogens (tertiary/aromatic N) is 3. The smallest absolute Gasteiger partial charge is 0.163 e. The Morgan fingerprint density at radius 3 is 2.02 bits per heavy atom. The molecule has 2 heterocycles. The summed E-state index contributed by atoms with van der Waals surface area (Å²) in [5.74, 6) is 4.85. The molecular formula is C46H35N3O. The third kappa shape index (κ3) is 4.41. The van der Waals surface area contributed by atoms with Gasteiger partial charge in [-0.25, -0.2) is 15.0 Å². The van der Waals surface area contributed by atoms with E-state index < -0.39 is 0 Å². The lowest BCUT2D eigenvalue weighted by molar-refractivity contribution is 0.374. The summed E-state index contributed by atoms with van der Waals surface area (Å²) < 4.78 is 6.56. The van der Waals surface area contributed by atoms with Crippen LogP contribution in [0.3, 0.4) is 0 Å². The SMILES string of the molecule is C1=CCC(c2nc(C3=CC=C(c4cccc5c4C4C=CC=CC4C54c5ccccc5Oc5ccccc54)CC3)nc(-c3ccccc3)n2)C=C1. The largest absolute Gasteiger partial charge is 0.457 e. The fraction of sp³-hybridized carbons (Fsp3) is 0.152. The molecule has 1 aromatic heterocycles. The first-order valence-electron chi connectivity index (χ1n) is 17.7. The van der Waals surface area contributed by atoms with Gasteiger partial charge in [-0.15, -0.1) is 0 Å². The molecule has 1 spiro atoms. The third-order valence-electron chi connectivity index (χ3n) is 11.1. The van der Waals surface area contributed by atoms with Gasteiger partial charge in [-0.1, -0.05) is 146 Å². The number of hydrogen-bond acceptors (Lipinski definition) is 4. The standard InChI is InChI=1S/C46H35N3O/c1-3-14-31(15-4-1)43-47-44(32-16-5-2-6-17-32)49-45(48-43)33-28-26-30(27-29-33)34-19-13-23-39-42(34)35-18-7-8-20-36(35)46(39)37-21-9-11-24-40(37)50-41-25-12-10-22-38(41)46/h1-16,18-26,28,32,35-36H,17,27,29H2. The van der Waals surface area contributed by atoms with Crippen LogP contribution in [0.2, 0.25) is 0 Å². The van der Waals surface area contributed by atoms with E-state index in [1.54, 1.807) is 0 Å². The highest BCUT2D eigenvalue weighted by molar-refractivity contribution is 5.82. The van der Waals surface area contributed by atoms with Gasteiger partial charge < -0.3 is 4.74 Å². The number of allylic oxidation sites excluding steroid dienone is 12. The van der Waals surface area contributed by atoms with E-state index in [2.05, 4.69) is 140 Å². The molecule has 1 aliphatic heterocycles. The van der Waals surface area contributed by atoms with Crippen LogP contribution in [0.1, 0.15) is 70.6 Å². The van der Waals surface area contributed by atoms with Gasteiger partial charge in [-0.3, -0.25) is 0 Å². The van der Waals surface area contributed by atoms with Crippen molar-refractivity contribution in [2.24, 2.45) is 5.92 Å². The molecule has 10 rings (SSSR count). The van der Waals surface area contributed by atoms with Gasteiger partial charge in [0.25, 0.3) is 0 Å². The van der Waals surface area contributed by atoms with Crippen molar-refractivity contribution < 1.29 is 4.74 Å². The second-order valence-electron chi connectivity index (χ2n) is 13.7. The van der Waals surface area contributed by atoms with E-state index in [9.17, 15) is 0 Å². The van der Waals surface area contributed by atoms with Crippen LogP contribution in [0.4, 0.5) is 0 Å². The maximum Gasteiger partial charge on any atom is 0.163 e. The molecule has 4 aliphatic carbocycles. The Kier molecular flexibility index (Phi) is 6.76. The second-order valence-corrected chi connectivity index (χ2v) is 13.7. The van der Waals surface area contributed by atoms with Gasteiger partial charge in [0, 0.05) is 34.4 Å². The van der Waals surface area contributed by atoms with Crippen LogP contribution >= 0.6 is 0 Å². The van der Waals surface area contributed by atoms with Gasteiger partial charge in [-0.2, -0.15) is 0 Å². The maximum absolute atomic E-state index is 6.56. The van der Waals surface area contributed by atoms with Crippen LogP contribution in [0.5, 0.6) is 11.5 Å². The molecule has 3 atom stereocenters. The fourth-order valence-corrected chi connectivity index (χ4v) is 8.94. The fourth-order valence-electron chi connectivity index (χ4n) is 8.94. The molecule has 50 heavy (non-hydrogen) atoms. The lowest BCUT2D eigenvalue weighted by atomic mass is 9.62. The lowest BCUT2D eigenvalue weighted by Crippen LogP contribution is -2.37. The Labute approximate surface area is 292 Å². The second kappa shape index (κ2) is 11.6. The molecule has 0 amide bonds. The van der Waals surface area contributed by atoms with E-state index in [-0.39, 0.29) is 23.2 Å². The Balaban J connectivity index is 1.10. The van der Waals surface area contributed by atoms with Gasteiger partial charge >= 0.3 is 0 Å². The Morgan fingerprint density at radius 2 is 1.26 bits per heavy atom. The minimum atomic E-state index is -0.350. The van der Waals surface area contributed by atoms with Gasteiger partial charge in [0.1, 0.15) is 17.3 Å². The van der Waals surface area contributed by atoms with E-state index in [1.165, 1.54) is 33.4 Å². The summed E-state index contributed by atoms with van der Waals surface area (Å²) in [7, 11) is 0. The first kappa shape index (κ1) is 29.1. The number of aromatic nitrogens is 3. The molecule has 0 saturated carbocycles. The van der Waals surface area contributed by atoms with Crippen molar-refractivity contribution in [1.82, 2.24) is 15.0 Å². The number of benzene rings is 4. The minimum Gasteiger partial charge on any atom is -0.457 e. The van der Waals surface area contributed by atoms with Crippen molar-refractivity contribution in [2.45, 2.75) is 36.5 Å². The molecule has 3 unspecified atom stereocenters. The number of para-hydroxylation sites is 2. The van der Waals surface area contributed by atoms with Crippen molar-refractivity contribution in [3.05, 3.63) is 197 Å². The highest BCUT2D eigenvalue weighted by Gasteiger charge is 2.57. The van der Waals surface area contributed by atoms with Crippen LogP contribution in [-0.4, -0.2) is 15.0 Å². The van der Waals surface area contributed by atoms with Gasteiger partial charge in [-0.05, 0) is 59.2 Å². The summed E-state index contributed by atoms with van der Waals surface area (Å²) in [6.07, 6.45) is 25.1. The van der Waals surface area contributed by atoms with Crippen LogP contribution in [0.15, 0.2) is 158 Å². The summed E-state index contributed by atoms with van der Waals surface area (Å²) in [6.45, 7) is 0. The highest BCUT2D eigenvalue weighted by Crippen LogP contribution is 2.65. The molecule has 4 aromatic carbocycles. The summed E-state index contributed by atoms with van der Waals surface area (Å²) in [5, 5.41) is 0. The van der Waals surface area contributed by atoms with E-state index >= 15 is 0 Å². The van der Waals surface area contributed by atoms with Crippen molar-refractivity contribution in [1.29, 1.82) is 0 Å². The predicted octanol–water partition coefficient (Wildman–Crippen LogP) is 10.7. The van der Waals surface area contributed by atoms with E-state index in [4.69, 9.17) is 19.7 Å². The van der Waals surface area contributed by atoms with Crippen molar-refractivity contribution in [3.8, 4) is 22.9 Å². The van der Waals surface area contributed by atoms with Crippen LogP contribution in [0.25, 0.3) is 22.5 Å². The first-order chi connectivity index (χ1) is 24.8. The topological polar surface area (TPSA) is 47.9 Å². The zero-order valence-corrected chi connectivity index (χ0v) is 27.6. The third-order valence-corrected chi connectivity index (χ3v) is 11.1. The Morgan fingerprint density at radius 1 is 0.580 bits per heavy atom. The zero-order valence-electron chi connectivity index (χ0n) is 27.6. The summed E-state index contributed by atoms with van der Waals surface area (Å²) >= 11 is 0. The molecule has 4 heteroatoms. The molecular weight excluding hydrogens is 611 g/mol. The Bertz CT molecular complexity index is 2310. The normalized spacial score (nSPS) is 21.8. The maximum atomic E-state index is 6.56. The highest BCUT2D eigenvalue weighted by atomic mass is 16.5. The number of fused-ring (bicyclic) bond motifs is 9. The van der Waals surface area contributed by atoms with Crippen molar-refractivity contribution in [2.75, 3.05) is 0 Å². The van der Waals surface area contributed by atoms with E-state index in [0.29, 0.717) is 0 Å². The van der Waals surface area contributed by atoms with E-state index in [1.807, 2.05) is 18.2 Å². The van der Waals surface area contributed by atoms with Crippen molar-refractivity contribution >= 4 is 11.1 Å². The predicted molar refractivity (Wildman–Crippen MR) is 200 cm³/mol. The lowest BCUT2D eigenvalue weighted by Gasteiger charge is -2.43. The number of hydrogen-bond donors (Lipinski definition) is 0. The Hall–Kier alpha value is -5.87. The summed E-state index contributed by atoms with van der Waals surface area (Å²) in [4.78, 5) is 15.1. The number of rotatable bonds is 4. The molecule has 0 fully saturated rings. The zero-order chi connectivity index (χ0) is 33.1. The number of ether oxygens (including phenoxy) is 1. The molecule has 0 radical (unpaired) electrons. The first-order valence-corrected chi connectivity index (χ1v) is 17.7. The average Bonchev–Trinajstić information content (AvgIpc) is 3.49. The van der Waals surface area contributed by atoms with Gasteiger partial charge in [0.05, 0.1) is 5.41 Å². The monoisotopic (exact) mass is 645 g/mol. The van der Waals surface area contributed by atoms with Crippen molar-refractivity contribution in [3.63, 3.8) is 0 Å². The molecule has 240 valence electrons. The average molecular weight is 646 g/mol. The molecule has 4 nitrogen and oxygen atoms in total. The molecule has 5 aliphatic rings. The summed E-state index contributed by atoms with van der Waals surface area (Å²) in [6, 6.07) is 34.5.